The van der Waals surface area contributed by atoms with Gasteiger partial charge in [-0.3, -0.25) is 14.7 Å². The van der Waals surface area contributed by atoms with Crippen LogP contribution in [0.5, 0.6) is 0 Å². The third kappa shape index (κ3) is 3.81. The molecule has 1 aromatic carbocycles. The predicted octanol–water partition coefficient (Wildman–Crippen LogP) is 3.47. The van der Waals surface area contributed by atoms with Gasteiger partial charge in [0.1, 0.15) is 11.8 Å². The van der Waals surface area contributed by atoms with E-state index >= 15 is 4.39 Å². The lowest BCUT2D eigenvalue weighted by atomic mass is 10.0. The van der Waals surface area contributed by atoms with Gasteiger partial charge in [0.05, 0.1) is 41.1 Å². The number of rotatable bonds is 6. The summed E-state index contributed by atoms with van der Waals surface area (Å²) in [7, 11) is 3.21. The van der Waals surface area contributed by atoms with Crippen LogP contribution in [0.1, 0.15) is 6.42 Å². The van der Waals surface area contributed by atoms with Gasteiger partial charge in [0.15, 0.2) is 11.6 Å². The number of nitrogens with zero attached hydrogens (tertiary/aromatic N) is 4. The molecule has 1 aliphatic rings. The molecule has 2 atom stereocenters. The molecule has 1 saturated carbocycles. The molecule has 34 heavy (non-hydrogen) atoms. The maximum absolute atomic E-state index is 15.3. The topological polar surface area (TPSA) is 107 Å². The first-order valence-electron chi connectivity index (χ1n) is 10.5. The molecule has 4 aromatic rings. The Bertz CT molecular complexity index is 1450. The maximum Gasteiger partial charge on any atom is 0.241 e. The van der Waals surface area contributed by atoms with E-state index < -0.39 is 23.8 Å². The lowest BCUT2D eigenvalue weighted by Crippen LogP contribution is -2.28. The van der Waals surface area contributed by atoms with E-state index in [1.165, 1.54) is 11.1 Å². The highest BCUT2D eigenvalue weighted by molar-refractivity contribution is 6.36. The number of benzene rings is 1. The Kier molecular flexibility index (Phi) is 5.35. The quantitative estimate of drug-likeness (QED) is 0.386. The van der Waals surface area contributed by atoms with E-state index in [-0.39, 0.29) is 35.4 Å². The fourth-order valence-corrected chi connectivity index (χ4v) is 4.04. The molecular weight excluding hydrogens is 468 g/mol. The maximum atomic E-state index is 15.3. The van der Waals surface area contributed by atoms with Gasteiger partial charge in [0.2, 0.25) is 11.8 Å². The van der Waals surface area contributed by atoms with Gasteiger partial charge in [0.25, 0.3) is 0 Å². The number of pyridine rings is 1. The number of halogens is 3. The number of aromatic amines is 1. The van der Waals surface area contributed by atoms with Gasteiger partial charge >= 0.3 is 0 Å². The van der Waals surface area contributed by atoms with Crippen molar-refractivity contribution >= 4 is 51.5 Å². The molecule has 2 amide bonds. The zero-order valence-corrected chi connectivity index (χ0v) is 19.0. The van der Waals surface area contributed by atoms with Crippen LogP contribution in [0.4, 0.5) is 20.3 Å². The summed E-state index contributed by atoms with van der Waals surface area (Å²) < 4.78 is 30.1. The minimum absolute atomic E-state index is 0.0522. The minimum Gasteiger partial charge on any atom is -0.372 e. The van der Waals surface area contributed by atoms with E-state index in [0.29, 0.717) is 27.7 Å². The van der Waals surface area contributed by atoms with Gasteiger partial charge < -0.3 is 19.9 Å². The summed E-state index contributed by atoms with van der Waals surface area (Å²) in [6.45, 7) is -0.118. The smallest absolute Gasteiger partial charge is 0.241 e. The molecular formula is C22H20ClF2N7O2. The highest BCUT2D eigenvalue weighted by atomic mass is 35.5. The lowest BCUT2D eigenvalue weighted by molar-refractivity contribution is -0.126. The molecule has 0 radical (unpaired) electrons. The molecule has 176 valence electrons. The van der Waals surface area contributed by atoms with Gasteiger partial charge in [-0.05, 0) is 18.6 Å². The molecule has 9 nitrogen and oxygen atoms in total. The minimum atomic E-state index is -1.10. The van der Waals surface area contributed by atoms with Crippen LogP contribution >= 0.6 is 11.6 Å². The SMILES string of the molecule is CN(C)C(=O)CNc1c(F)c(Cl)c(-c2ccc3nc(NC(=O)[C@@H]4C[C@@H]4F)cn3c2)c2cn[nH]c12. The summed E-state index contributed by atoms with van der Waals surface area (Å²) >= 11 is 6.46. The van der Waals surface area contributed by atoms with Crippen molar-refractivity contribution in [2.45, 2.75) is 12.6 Å². The van der Waals surface area contributed by atoms with Crippen molar-refractivity contribution in [1.82, 2.24) is 24.5 Å². The van der Waals surface area contributed by atoms with E-state index in [1.54, 1.807) is 43.0 Å². The van der Waals surface area contributed by atoms with Gasteiger partial charge in [-0.15, -0.1) is 0 Å². The molecule has 5 rings (SSSR count). The van der Waals surface area contributed by atoms with Crippen LogP contribution in [0.2, 0.25) is 5.02 Å². The predicted molar refractivity (Wildman–Crippen MR) is 124 cm³/mol. The molecule has 3 aromatic heterocycles. The number of anilines is 2. The summed E-state index contributed by atoms with van der Waals surface area (Å²) in [4.78, 5) is 29.7. The van der Waals surface area contributed by atoms with Gasteiger partial charge in [-0.1, -0.05) is 11.6 Å². The Morgan fingerprint density at radius 1 is 1.32 bits per heavy atom. The van der Waals surface area contributed by atoms with E-state index in [9.17, 15) is 14.0 Å². The molecule has 1 aliphatic carbocycles. The normalized spacial score (nSPS) is 17.2. The molecule has 0 aliphatic heterocycles. The number of imidazole rings is 1. The number of carbonyl (C=O) groups excluding carboxylic acids is 2. The van der Waals surface area contributed by atoms with Crippen LogP contribution in [-0.4, -0.2) is 63.1 Å². The number of hydrogen-bond donors (Lipinski definition) is 3. The number of carbonyl (C=O) groups is 2. The number of nitrogens with one attached hydrogen (secondary N) is 3. The molecule has 3 heterocycles. The number of amides is 2. The summed E-state index contributed by atoms with van der Waals surface area (Å²) in [5.41, 5.74) is 1.95. The van der Waals surface area contributed by atoms with E-state index in [4.69, 9.17) is 11.6 Å². The van der Waals surface area contributed by atoms with Crippen molar-refractivity contribution in [3.63, 3.8) is 0 Å². The summed E-state index contributed by atoms with van der Waals surface area (Å²) in [6.07, 6.45) is 3.94. The van der Waals surface area contributed by atoms with Crippen LogP contribution in [0, 0.1) is 11.7 Å². The number of fused-ring (bicyclic) bond motifs is 2. The molecule has 0 saturated heterocycles. The second kappa shape index (κ2) is 8.24. The number of H-pyrrole nitrogens is 1. The van der Waals surface area contributed by atoms with Gasteiger partial charge in [-0.25, -0.2) is 13.8 Å². The highest BCUT2D eigenvalue weighted by Gasteiger charge is 2.43. The number of hydrogen-bond acceptors (Lipinski definition) is 5. The van der Waals surface area contributed by atoms with Crippen LogP contribution in [0.15, 0.2) is 30.7 Å². The molecule has 0 unspecified atom stereocenters. The number of alkyl halides is 1. The number of aromatic nitrogens is 4. The van der Waals surface area contributed by atoms with Crippen molar-refractivity contribution in [2.24, 2.45) is 5.92 Å². The average molecular weight is 488 g/mol. The molecule has 3 N–H and O–H groups in total. The van der Waals surface area contributed by atoms with Crippen molar-refractivity contribution in [1.29, 1.82) is 0 Å². The third-order valence-electron chi connectivity index (χ3n) is 5.75. The Balaban J connectivity index is 1.51. The van der Waals surface area contributed by atoms with Gasteiger partial charge in [0, 0.05) is 36.8 Å². The standard InChI is InChI=1S/C22H20ClF2N7O2/c1-31(2)16(33)7-26-21-19(25)18(23)17(12-6-27-30-20(12)21)10-3-4-15-28-14(9-32(15)8-10)29-22(34)11-5-13(11)24/h3-4,6,8-9,11,13,26H,5,7H2,1-2H3,(H,27,30)(H,29,34)/t11-,13+/m1/s1. The zero-order chi connectivity index (χ0) is 24.1. The van der Waals surface area contributed by atoms with Crippen LogP contribution < -0.4 is 10.6 Å². The van der Waals surface area contributed by atoms with Gasteiger partial charge in [-0.2, -0.15) is 5.10 Å². The Morgan fingerprint density at radius 3 is 2.79 bits per heavy atom. The zero-order valence-electron chi connectivity index (χ0n) is 18.2. The lowest BCUT2D eigenvalue weighted by Gasteiger charge is -2.15. The number of likely N-dealkylation sites (N-methyl/N-ethyl adjacent to an activating group) is 1. The first-order chi connectivity index (χ1) is 16.2. The van der Waals surface area contributed by atoms with Crippen molar-refractivity contribution < 1.29 is 18.4 Å². The van der Waals surface area contributed by atoms with E-state index in [0.717, 1.165) is 0 Å². The Morgan fingerprint density at radius 2 is 2.09 bits per heavy atom. The van der Waals surface area contributed by atoms with E-state index in [2.05, 4.69) is 25.8 Å². The summed E-state index contributed by atoms with van der Waals surface area (Å²) in [5.74, 6) is -1.70. The van der Waals surface area contributed by atoms with E-state index in [1.807, 2.05) is 0 Å². The van der Waals surface area contributed by atoms with Crippen LogP contribution in [-0.2, 0) is 9.59 Å². The highest BCUT2D eigenvalue weighted by Crippen LogP contribution is 2.41. The molecule has 0 bridgehead atoms. The van der Waals surface area contributed by atoms with Crippen molar-refractivity contribution in [3.8, 4) is 11.1 Å². The first-order valence-corrected chi connectivity index (χ1v) is 10.8. The Hall–Kier alpha value is -3.73. The monoisotopic (exact) mass is 487 g/mol. The fraction of sp³-hybridized carbons (Fsp3) is 0.273. The summed E-state index contributed by atoms with van der Waals surface area (Å²) in [5, 5.41) is 12.7. The first kappa shape index (κ1) is 22.1. The van der Waals surface area contributed by atoms with Crippen molar-refractivity contribution in [3.05, 3.63) is 41.6 Å². The molecule has 1 fully saturated rings. The largest absolute Gasteiger partial charge is 0.372 e. The molecule has 12 heteroatoms. The second-order valence-corrected chi connectivity index (χ2v) is 8.71. The Labute approximate surface area is 197 Å². The third-order valence-corrected chi connectivity index (χ3v) is 6.10. The van der Waals surface area contributed by atoms with Crippen LogP contribution in [0.25, 0.3) is 27.7 Å². The summed E-state index contributed by atoms with van der Waals surface area (Å²) in [6, 6.07) is 3.42. The van der Waals surface area contributed by atoms with Crippen LogP contribution in [0.3, 0.4) is 0 Å². The van der Waals surface area contributed by atoms with Crippen molar-refractivity contribution in [2.75, 3.05) is 31.3 Å². The fourth-order valence-electron chi connectivity index (χ4n) is 3.74. The average Bonchev–Trinajstić information content (AvgIpc) is 3.17. The second-order valence-electron chi connectivity index (χ2n) is 8.34. The molecule has 0 spiro atoms.